The van der Waals surface area contributed by atoms with Crippen molar-refractivity contribution in [1.82, 2.24) is 4.98 Å². The summed E-state index contributed by atoms with van der Waals surface area (Å²) in [6.45, 7) is 0. The van der Waals surface area contributed by atoms with Crippen LogP contribution in [0.5, 0.6) is 0 Å². The van der Waals surface area contributed by atoms with Crippen LogP contribution in [-0.2, 0) is 9.84 Å². The highest BCUT2D eigenvalue weighted by Gasteiger charge is 2.16. The van der Waals surface area contributed by atoms with Gasteiger partial charge in [-0.25, -0.2) is 13.4 Å². The summed E-state index contributed by atoms with van der Waals surface area (Å²) in [5, 5.41) is 1.63. The summed E-state index contributed by atoms with van der Waals surface area (Å²) >= 11 is 1.43. The zero-order valence-corrected chi connectivity index (χ0v) is 15.9. The van der Waals surface area contributed by atoms with Gasteiger partial charge in [-0.3, -0.25) is 4.79 Å². The standard InChI is InChI=1S/C19H15N3O3S2/c1-27(24,25)12-5-2-10(3-6-12)11-4-7-13-15(8-11)26-17-14(19(21)23)9-22-18(20)16(13)17/h2-9H,1H3,(H2,20,22)(H2,21,23). The van der Waals surface area contributed by atoms with E-state index in [4.69, 9.17) is 11.5 Å². The van der Waals surface area contributed by atoms with E-state index in [1.807, 2.05) is 18.2 Å². The summed E-state index contributed by atoms with van der Waals surface area (Å²) in [5.41, 5.74) is 13.7. The minimum atomic E-state index is -3.23. The predicted octanol–water partition coefficient (Wildman–Crippen LogP) is 3.20. The molecule has 0 bridgehead atoms. The average molecular weight is 397 g/mol. The number of sulfone groups is 1. The van der Waals surface area contributed by atoms with Gasteiger partial charge < -0.3 is 11.5 Å². The summed E-state index contributed by atoms with van der Waals surface area (Å²) in [6.07, 6.45) is 2.58. The molecule has 0 spiro atoms. The highest BCUT2D eigenvalue weighted by atomic mass is 32.2. The molecule has 8 heteroatoms. The van der Waals surface area contributed by atoms with E-state index in [1.165, 1.54) is 23.8 Å². The molecular weight excluding hydrogens is 382 g/mol. The first kappa shape index (κ1) is 17.4. The Morgan fingerprint density at radius 3 is 2.37 bits per heavy atom. The second-order valence-electron chi connectivity index (χ2n) is 6.24. The van der Waals surface area contributed by atoms with Gasteiger partial charge in [0.25, 0.3) is 5.91 Å². The van der Waals surface area contributed by atoms with Gasteiger partial charge in [-0.1, -0.05) is 24.3 Å². The van der Waals surface area contributed by atoms with Gasteiger partial charge in [-0.2, -0.15) is 0 Å². The van der Waals surface area contributed by atoms with Crippen LogP contribution < -0.4 is 11.5 Å². The number of aromatic nitrogens is 1. The second-order valence-corrected chi connectivity index (χ2v) is 9.30. The Morgan fingerprint density at radius 1 is 1.07 bits per heavy atom. The van der Waals surface area contributed by atoms with Gasteiger partial charge in [0.1, 0.15) is 5.82 Å². The Labute approximate surface area is 159 Å². The number of fused-ring (bicyclic) bond motifs is 3. The first-order valence-electron chi connectivity index (χ1n) is 7.97. The van der Waals surface area contributed by atoms with Crippen LogP contribution in [0.2, 0.25) is 0 Å². The van der Waals surface area contributed by atoms with Crippen molar-refractivity contribution in [3.8, 4) is 11.1 Å². The fraction of sp³-hybridized carbons (Fsp3) is 0.0526. The Bertz CT molecular complexity index is 1320. The van der Waals surface area contributed by atoms with Crippen LogP contribution >= 0.6 is 11.3 Å². The van der Waals surface area contributed by atoms with Gasteiger partial charge in [-0.05, 0) is 29.3 Å². The first-order valence-corrected chi connectivity index (χ1v) is 10.7. The zero-order chi connectivity index (χ0) is 19.3. The number of hydrogen-bond donors (Lipinski definition) is 2. The number of benzene rings is 2. The van der Waals surface area contributed by atoms with Crippen molar-refractivity contribution in [3.05, 3.63) is 54.2 Å². The third kappa shape index (κ3) is 2.92. The molecule has 0 aliphatic carbocycles. The van der Waals surface area contributed by atoms with E-state index in [0.717, 1.165) is 31.3 Å². The summed E-state index contributed by atoms with van der Waals surface area (Å²) in [6, 6.07) is 12.6. The van der Waals surface area contributed by atoms with Gasteiger partial charge >= 0.3 is 0 Å². The molecule has 4 rings (SSSR count). The van der Waals surface area contributed by atoms with Crippen molar-refractivity contribution in [2.75, 3.05) is 12.0 Å². The van der Waals surface area contributed by atoms with E-state index >= 15 is 0 Å². The Balaban J connectivity index is 1.90. The summed E-state index contributed by atoms with van der Waals surface area (Å²) < 4.78 is 24.9. The maximum absolute atomic E-state index is 11.7. The van der Waals surface area contributed by atoms with Crippen LogP contribution in [0.25, 0.3) is 31.3 Å². The van der Waals surface area contributed by atoms with Crippen molar-refractivity contribution >= 4 is 53.1 Å². The van der Waals surface area contributed by atoms with Crippen LogP contribution in [0.15, 0.2) is 53.6 Å². The summed E-state index contributed by atoms with van der Waals surface area (Å²) in [4.78, 5) is 16.1. The topological polar surface area (TPSA) is 116 Å². The quantitative estimate of drug-likeness (QED) is 0.551. The van der Waals surface area contributed by atoms with Crippen LogP contribution in [-0.4, -0.2) is 25.6 Å². The fourth-order valence-electron chi connectivity index (χ4n) is 3.05. The van der Waals surface area contributed by atoms with Crippen molar-refractivity contribution in [3.63, 3.8) is 0 Å². The molecular formula is C19H15N3O3S2. The maximum atomic E-state index is 11.7. The van der Waals surface area contributed by atoms with E-state index in [9.17, 15) is 13.2 Å². The molecule has 136 valence electrons. The van der Waals surface area contributed by atoms with Gasteiger partial charge in [0.05, 0.1) is 15.2 Å². The molecule has 2 aromatic carbocycles. The van der Waals surface area contributed by atoms with Crippen molar-refractivity contribution < 1.29 is 13.2 Å². The molecule has 2 aromatic heterocycles. The van der Waals surface area contributed by atoms with Crippen LogP contribution in [0.3, 0.4) is 0 Å². The van der Waals surface area contributed by atoms with Crippen molar-refractivity contribution in [1.29, 1.82) is 0 Å². The number of nitrogens with zero attached hydrogens (tertiary/aromatic N) is 1. The van der Waals surface area contributed by atoms with E-state index in [-0.39, 0.29) is 4.90 Å². The lowest BCUT2D eigenvalue weighted by Gasteiger charge is -2.04. The Morgan fingerprint density at radius 2 is 1.74 bits per heavy atom. The number of nitrogens with two attached hydrogens (primary N) is 2. The van der Waals surface area contributed by atoms with Crippen molar-refractivity contribution in [2.45, 2.75) is 4.90 Å². The molecule has 4 N–H and O–H groups in total. The number of carbonyl (C=O) groups excluding carboxylic acids is 1. The monoisotopic (exact) mass is 397 g/mol. The van der Waals surface area contributed by atoms with E-state index in [0.29, 0.717) is 11.4 Å². The molecule has 0 saturated heterocycles. The van der Waals surface area contributed by atoms with Gasteiger partial charge in [0.15, 0.2) is 9.84 Å². The van der Waals surface area contributed by atoms with Gasteiger partial charge in [0, 0.05) is 27.9 Å². The predicted molar refractivity (Wildman–Crippen MR) is 109 cm³/mol. The number of primary amides is 1. The number of hydrogen-bond acceptors (Lipinski definition) is 6. The van der Waals surface area contributed by atoms with Crippen LogP contribution in [0.1, 0.15) is 10.4 Å². The van der Waals surface area contributed by atoms with E-state index in [2.05, 4.69) is 4.98 Å². The second kappa shape index (κ2) is 6.04. The maximum Gasteiger partial charge on any atom is 0.251 e. The highest BCUT2D eigenvalue weighted by Crippen LogP contribution is 2.40. The lowest BCUT2D eigenvalue weighted by Crippen LogP contribution is -2.11. The lowest BCUT2D eigenvalue weighted by molar-refractivity contribution is 0.100. The highest BCUT2D eigenvalue weighted by molar-refractivity contribution is 7.90. The number of anilines is 1. The number of pyridine rings is 1. The molecule has 0 unspecified atom stereocenters. The Kier molecular flexibility index (Phi) is 3.90. The zero-order valence-electron chi connectivity index (χ0n) is 14.3. The molecule has 4 aromatic rings. The van der Waals surface area contributed by atoms with Crippen molar-refractivity contribution in [2.24, 2.45) is 5.73 Å². The average Bonchev–Trinajstić information content (AvgIpc) is 3.00. The Hall–Kier alpha value is -2.97. The molecule has 0 atom stereocenters. The fourth-order valence-corrected chi connectivity index (χ4v) is 4.94. The summed E-state index contributed by atoms with van der Waals surface area (Å²) in [5.74, 6) is -0.192. The molecule has 0 radical (unpaired) electrons. The third-order valence-corrected chi connectivity index (χ3v) is 6.72. The largest absolute Gasteiger partial charge is 0.383 e. The van der Waals surface area contributed by atoms with E-state index < -0.39 is 15.7 Å². The van der Waals surface area contributed by atoms with Crippen LogP contribution in [0, 0.1) is 0 Å². The number of carbonyl (C=O) groups is 1. The van der Waals surface area contributed by atoms with Crippen LogP contribution in [0.4, 0.5) is 5.82 Å². The lowest BCUT2D eigenvalue weighted by atomic mass is 10.0. The SMILES string of the molecule is CS(=O)(=O)c1ccc(-c2ccc3c(c2)sc2c(C(N)=O)cnc(N)c23)cc1. The molecule has 0 fully saturated rings. The molecule has 0 aliphatic rings. The number of nitrogen functional groups attached to an aromatic ring is 1. The third-order valence-electron chi connectivity index (χ3n) is 4.40. The number of rotatable bonds is 3. The minimum Gasteiger partial charge on any atom is -0.383 e. The van der Waals surface area contributed by atoms with Gasteiger partial charge in [-0.15, -0.1) is 11.3 Å². The molecule has 0 saturated carbocycles. The van der Waals surface area contributed by atoms with Gasteiger partial charge in [0.2, 0.25) is 0 Å². The molecule has 6 nitrogen and oxygen atoms in total. The van der Waals surface area contributed by atoms with E-state index in [1.54, 1.807) is 24.3 Å². The number of amides is 1. The minimum absolute atomic E-state index is 0.277. The smallest absolute Gasteiger partial charge is 0.251 e. The molecule has 0 aliphatic heterocycles. The number of thiophene rings is 1. The molecule has 1 amide bonds. The first-order chi connectivity index (χ1) is 12.8. The normalized spacial score (nSPS) is 11.9. The summed E-state index contributed by atoms with van der Waals surface area (Å²) in [7, 11) is -3.23. The molecule has 2 heterocycles. The molecule has 27 heavy (non-hydrogen) atoms.